The van der Waals surface area contributed by atoms with Crippen LogP contribution in [0.5, 0.6) is 0 Å². The number of anilines is 1. The molecule has 2 aromatic rings. The summed E-state index contributed by atoms with van der Waals surface area (Å²) < 4.78 is 11.3. The van der Waals surface area contributed by atoms with Crippen molar-refractivity contribution in [2.24, 2.45) is 0 Å². The smallest absolute Gasteiger partial charge is 0.275 e. The summed E-state index contributed by atoms with van der Waals surface area (Å²) in [5.41, 5.74) is 2.49. The van der Waals surface area contributed by atoms with E-state index in [0.29, 0.717) is 11.4 Å². The van der Waals surface area contributed by atoms with E-state index >= 15 is 0 Å². The van der Waals surface area contributed by atoms with Crippen molar-refractivity contribution >= 4 is 22.4 Å². The molecule has 1 heterocycles. The van der Waals surface area contributed by atoms with Gasteiger partial charge in [-0.3, -0.25) is 14.0 Å². The number of aromatic nitrogens is 2. The topological polar surface area (TPSA) is 72.0 Å². The van der Waals surface area contributed by atoms with E-state index in [0.717, 1.165) is 11.3 Å². The number of nitrogens with zero attached hydrogens (tertiary/aromatic N) is 2. The van der Waals surface area contributed by atoms with E-state index in [4.69, 9.17) is 0 Å². The fourth-order valence-electron chi connectivity index (χ4n) is 1.68. The first kappa shape index (κ1) is 14.3. The molecule has 1 aromatic carbocycles. The van der Waals surface area contributed by atoms with Gasteiger partial charge in [0.05, 0.1) is 17.6 Å². The van der Waals surface area contributed by atoms with Crippen LogP contribution in [0, 0.1) is 6.92 Å². The average Bonchev–Trinajstić information content (AvgIpc) is 2.41. The molecular weight excluding hydrogens is 274 g/mol. The monoisotopic (exact) mass is 289 g/mol. The fourth-order valence-corrected chi connectivity index (χ4v) is 2.37. The number of hydrogen-bond acceptors (Lipinski definition) is 4. The minimum Gasteiger partial charge on any atom is -0.320 e. The molecule has 1 N–H and O–H groups in total. The van der Waals surface area contributed by atoms with Crippen LogP contribution >= 0.6 is 0 Å². The number of amides is 1. The molecule has 0 bridgehead atoms. The highest BCUT2D eigenvalue weighted by atomic mass is 32.2. The molecule has 0 saturated carbocycles. The second-order valence-corrected chi connectivity index (χ2v) is 5.81. The van der Waals surface area contributed by atoms with Gasteiger partial charge in [0.25, 0.3) is 5.91 Å². The molecule has 0 aliphatic carbocycles. The number of benzene rings is 1. The van der Waals surface area contributed by atoms with Crippen LogP contribution in [0.25, 0.3) is 0 Å². The number of carbonyl (C=O) groups is 1. The van der Waals surface area contributed by atoms with Crippen LogP contribution in [-0.4, -0.2) is 26.3 Å². The molecule has 1 atom stereocenters. The molecule has 0 saturated heterocycles. The lowest BCUT2D eigenvalue weighted by molar-refractivity contribution is 0.102. The summed E-state index contributed by atoms with van der Waals surface area (Å²) in [6.07, 6.45) is 4.61. The molecule has 0 aliphatic rings. The molecule has 0 fully saturated rings. The summed E-state index contributed by atoms with van der Waals surface area (Å²) >= 11 is 0. The summed E-state index contributed by atoms with van der Waals surface area (Å²) in [6.45, 7) is 1.81. The van der Waals surface area contributed by atoms with Gasteiger partial charge in [0.1, 0.15) is 5.69 Å². The van der Waals surface area contributed by atoms with Crippen LogP contribution in [0.2, 0.25) is 0 Å². The number of rotatable bonds is 4. The lowest BCUT2D eigenvalue weighted by atomic mass is 10.2. The van der Waals surface area contributed by atoms with Gasteiger partial charge in [-0.15, -0.1) is 0 Å². The van der Waals surface area contributed by atoms with E-state index in [1.165, 1.54) is 6.20 Å². The van der Waals surface area contributed by atoms with Crippen molar-refractivity contribution in [3.05, 3.63) is 53.6 Å². The normalized spacial score (nSPS) is 11.9. The van der Waals surface area contributed by atoms with Crippen molar-refractivity contribution in [3.63, 3.8) is 0 Å². The Morgan fingerprint density at radius 1 is 1.25 bits per heavy atom. The van der Waals surface area contributed by atoms with E-state index in [-0.39, 0.29) is 11.6 Å². The third-order valence-corrected chi connectivity index (χ3v) is 3.36. The Balaban J connectivity index is 2.19. The van der Waals surface area contributed by atoms with E-state index < -0.39 is 10.8 Å². The summed E-state index contributed by atoms with van der Waals surface area (Å²) in [5.74, 6) is 0.0718. The molecule has 2 rings (SSSR count). The number of hydrogen-bond donors (Lipinski definition) is 1. The number of aryl methyl sites for hydroxylation is 1. The van der Waals surface area contributed by atoms with E-state index in [9.17, 15) is 9.00 Å². The first-order valence-corrected chi connectivity index (χ1v) is 7.77. The Morgan fingerprint density at radius 3 is 2.65 bits per heavy atom. The molecular formula is C14H15N3O2S. The zero-order valence-corrected chi connectivity index (χ0v) is 12.1. The highest BCUT2D eigenvalue weighted by molar-refractivity contribution is 7.83. The number of para-hydroxylation sites is 1. The van der Waals surface area contributed by atoms with Crippen molar-refractivity contribution < 1.29 is 9.00 Å². The predicted octanol–water partition coefficient (Wildman–Crippen LogP) is 1.92. The van der Waals surface area contributed by atoms with Gasteiger partial charge < -0.3 is 5.32 Å². The van der Waals surface area contributed by atoms with Crippen LogP contribution in [0.15, 0.2) is 36.7 Å². The molecule has 1 amide bonds. The van der Waals surface area contributed by atoms with Crippen LogP contribution in [0.4, 0.5) is 5.69 Å². The third-order valence-electron chi connectivity index (χ3n) is 2.64. The van der Waals surface area contributed by atoms with Crippen molar-refractivity contribution in [1.29, 1.82) is 0 Å². The van der Waals surface area contributed by atoms with Gasteiger partial charge in [-0.25, -0.2) is 4.98 Å². The van der Waals surface area contributed by atoms with Crippen LogP contribution < -0.4 is 5.32 Å². The molecule has 0 spiro atoms. The van der Waals surface area contributed by atoms with E-state index in [1.54, 1.807) is 25.4 Å². The maximum atomic E-state index is 12.1. The minimum absolute atomic E-state index is 0.253. The SMILES string of the molecule is Cc1cnc(C(=O)Nc2ccccc2CS(C)=O)cn1. The zero-order valence-electron chi connectivity index (χ0n) is 11.3. The lowest BCUT2D eigenvalue weighted by Gasteiger charge is -2.09. The Morgan fingerprint density at radius 2 is 2.00 bits per heavy atom. The molecule has 5 nitrogen and oxygen atoms in total. The summed E-state index contributed by atoms with van der Waals surface area (Å²) in [5, 5.41) is 2.78. The quantitative estimate of drug-likeness (QED) is 0.933. The Hall–Kier alpha value is -2.08. The van der Waals surface area contributed by atoms with E-state index in [1.807, 2.05) is 18.2 Å². The Bertz CT molecular complexity index is 641. The van der Waals surface area contributed by atoms with Crippen LogP contribution in [-0.2, 0) is 16.6 Å². The number of nitrogens with one attached hydrogen (secondary N) is 1. The Kier molecular flexibility index (Phi) is 4.57. The highest BCUT2D eigenvalue weighted by Crippen LogP contribution is 2.17. The van der Waals surface area contributed by atoms with Gasteiger partial charge >= 0.3 is 0 Å². The van der Waals surface area contributed by atoms with Gasteiger partial charge in [0.15, 0.2) is 0 Å². The van der Waals surface area contributed by atoms with Gasteiger partial charge in [-0.2, -0.15) is 0 Å². The number of carbonyl (C=O) groups excluding carboxylic acids is 1. The highest BCUT2D eigenvalue weighted by Gasteiger charge is 2.11. The molecule has 0 aliphatic heterocycles. The van der Waals surface area contributed by atoms with Gasteiger partial charge in [0, 0.05) is 28.9 Å². The van der Waals surface area contributed by atoms with Crippen LogP contribution in [0.1, 0.15) is 21.7 Å². The van der Waals surface area contributed by atoms with Crippen molar-refractivity contribution in [3.8, 4) is 0 Å². The first-order chi connectivity index (χ1) is 9.56. The van der Waals surface area contributed by atoms with Crippen molar-refractivity contribution in [1.82, 2.24) is 9.97 Å². The van der Waals surface area contributed by atoms with Crippen molar-refractivity contribution in [2.45, 2.75) is 12.7 Å². The Labute approximate surface area is 119 Å². The van der Waals surface area contributed by atoms with Gasteiger partial charge in [-0.05, 0) is 18.6 Å². The van der Waals surface area contributed by atoms with Crippen LogP contribution in [0.3, 0.4) is 0 Å². The van der Waals surface area contributed by atoms with Crippen molar-refractivity contribution in [2.75, 3.05) is 11.6 Å². The standard InChI is InChI=1S/C14H15N3O2S/c1-10-7-16-13(8-15-10)14(18)17-12-6-4-3-5-11(12)9-20(2)19/h3-8H,9H2,1-2H3,(H,17,18). The molecule has 0 radical (unpaired) electrons. The maximum Gasteiger partial charge on any atom is 0.275 e. The second kappa shape index (κ2) is 6.38. The maximum absolute atomic E-state index is 12.1. The molecule has 1 unspecified atom stereocenters. The minimum atomic E-state index is -0.969. The lowest BCUT2D eigenvalue weighted by Crippen LogP contribution is -2.15. The first-order valence-electron chi connectivity index (χ1n) is 6.04. The largest absolute Gasteiger partial charge is 0.320 e. The predicted molar refractivity (Wildman–Crippen MR) is 78.9 cm³/mol. The fraction of sp³-hybridized carbons (Fsp3) is 0.214. The molecule has 6 heteroatoms. The molecule has 104 valence electrons. The van der Waals surface area contributed by atoms with E-state index in [2.05, 4.69) is 15.3 Å². The van der Waals surface area contributed by atoms with Gasteiger partial charge in [-0.1, -0.05) is 18.2 Å². The molecule has 20 heavy (non-hydrogen) atoms. The molecule has 1 aromatic heterocycles. The summed E-state index contributed by atoms with van der Waals surface area (Å²) in [7, 11) is -0.969. The average molecular weight is 289 g/mol. The summed E-state index contributed by atoms with van der Waals surface area (Å²) in [6, 6.07) is 7.29. The zero-order chi connectivity index (χ0) is 14.5. The second-order valence-electron chi connectivity index (χ2n) is 4.37. The summed E-state index contributed by atoms with van der Waals surface area (Å²) in [4.78, 5) is 20.1. The van der Waals surface area contributed by atoms with Gasteiger partial charge in [0.2, 0.25) is 0 Å². The third kappa shape index (κ3) is 3.71.